The lowest BCUT2D eigenvalue weighted by Gasteiger charge is -2.38. The highest BCUT2D eigenvalue weighted by Gasteiger charge is 2.35. The van der Waals surface area contributed by atoms with Crippen molar-refractivity contribution in [3.63, 3.8) is 0 Å². The third kappa shape index (κ3) is 6.06. The number of rotatable bonds is 8. The van der Waals surface area contributed by atoms with Gasteiger partial charge in [0.15, 0.2) is 0 Å². The predicted molar refractivity (Wildman–Crippen MR) is 148 cm³/mol. The standard InChI is InChI=1S/C28H30Cl2N2O4S/c1-17(2)15-31(28(34)18-11-20(35-3)14-21(12-18)36-4)16-26(33)32-9-7-25-23(8-10-37-25)27(32)22-6-5-19(29)13-24(22)30/h5-6,8,10-14,17,27H,7,9,15-16H2,1-4H3. The first-order chi connectivity index (χ1) is 17.7. The molecule has 0 spiro atoms. The summed E-state index contributed by atoms with van der Waals surface area (Å²) in [5, 5.41) is 3.09. The summed E-state index contributed by atoms with van der Waals surface area (Å²) >= 11 is 14.5. The molecule has 0 radical (unpaired) electrons. The topological polar surface area (TPSA) is 59.1 Å². The van der Waals surface area contributed by atoms with Crippen molar-refractivity contribution in [2.45, 2.75) is 26.3 Å². The van der Waals surface area contributed by atoms with Crippen LogP contribution in [0.1, 0.15) is 46.3 Å². The molecule has 0 aliphatic carbocycles. The van der Waals surface area contributed by atoms with E-state index in [2.05, 4.69) is 6.07 Å². The Morgan fingerprint density at radius 3 is 2.38 bits per heavy atom. The Morgan fingerprint density at radius 1 is 1.05 bits per heavy atom. The summed E-state index contributed by atoms with van der Waals surface area (Å²) in [4.78, 5) is 32.2. The molecule has 0 saturated heterocycles. The van der Waals surface area contributed by atoms with Crippen molar-refractivity contribution in [1.82, 2.24) is 9.80 Å². The number of amides is 2. The molecule has 1 aliphatic rings. The third-order valence-electron chi connectivity index (χ3n) is 6.34. The van der Waals surface area contributed by atoms with Gasteiger partial charge in [0, 0.05) is 39.6 Å². The molecule has 0 fully saturated rings. The van der Waals surface area contributed by atoms with Crippen LogP contribution in [0.3, 0.4) is 0 Å². The molecule has 0 saturated carbocycles. The number of nitrogens with zero attached hydrogens (tertiary/aromatic N) is 2. The molecule has 1 aliphatic heterocycles. The average Bonchev–Trinajstić information content (AvgIpc) is 3.36. The molecule has 196 valence electrons. The molecular weight excluding hydrogens is 531 g/mol. The van der Waals surface area contributed by atoms with Crippen LogP contribution < -0.4 is 9.47 Å². The number of hydrogen-bond donors (Lipinski definition) is 0. The van der Waals surface area contributed by atoms with Gasteiger partial charge in [-0.3, -0.25) is 9.59 Å². The Bertz CT molecular complexity index is 1270. The van der Waals surface area contributed by atoms with Gasteiger partial charge in [0.1, 0.15) is 18.0 Å². The summed E-state index contributed by atoms with van der Waals surface area (Å²) in [5.74, 6) is 0.787. The maximum Gasteiger partial charge on any atom is 0.254 e. The summed E-state index contributed by atoms with van der Waals surface area (Å²) in [6.07, 6.45) is 0.756. The van der Waals surface area contributed by atoms with E-state index >= 15 is 0 Å². The summed E-state index contributed by atoms with van der Waals surface area (Å²) in [6.45, 7) is 4.94. The van der Waals surface area contributed by atoms with Gasteiger partial charge in [-0.1, -0.05) is 43.1 Å². The van der Waals surface area contributed by atoms with Gasteiger partial charge in [-0.15, -0.1) is 11.3 Å². The zero-order valence-electron chi connectivity index (χ0n) is 21.3. The first kappa shape index (κ1) is 27.3. The molecule has 2 heterocycles. The molecule has 4 rings (SSSR count). The second kappa shape index (κ2) is 11.8. The molecule has 6 nitrogen and oxygen atoms in total. The molecule has 3 aromatic rings. The van der Waals surface area contributed by atoms with Gasteiger partial charge < -0.3 is 19.3 Å². The maximum absolute atomic E-state index is 13.9. The van der Waals surface area contributed by atoms with Crippen molar-refractivity contribution in [2.24, 2.45) is 5.92 Å². The number of hydrogen-bond acceptors (Lipinski definition) is 5. The van der Waals surface area contributed by atoms with Crippen LogP contribution in [0.2, 0.25) is 10.0 Å². The molecular formula is C28H30Cl2N2O4S. The number of ether oxygens (including phenoxy) is 2. The molecule has 1 unspecified atom stereocenters. The van der Waals surface area contributed by atoms with Crippen LogP contribution in [0.25, 0.3) is 0 Å². The fraction of sp³-hybridized carbons (Fsp3) is 0.357. The second-order valence-corrected chi connectivity index (χ2v) is 11.2. The first-order valence-electron chi connectivity index (χ1n) is 12.0. The van der Waals surface area contributed by atoms with Gasteiger partial charge in [-0.2, -0.15) is 0 Å². The lowest BCUT2D eigenvalue weighted by atomic mass is 9.93. The molecule has 37 heavy (non-hydrogen) atoms. The molecule has 0 N–H and O–H groups in total. The fourth-order valence-electron chi connectivity index (χ4n) is 4.67. The number of carbonyl (C=O) groups is 2. The second-order valence-electron chi connectivity index (χ2n) is 9.39. The Morgan fingerprint density at radius 2 is 1.76 bits per heavy atom. The molecule has 2 aromatic carbocycles. The van der Waals surface area contributed by atoms with Gasteiger partial charge in [-0.25, -0.2) is 0 Å². The van der Waals surface area contributed by atoms with Crippen molar-refractivity contribution < 1.29 is 19.1 Å². The van der Waals surface area contributed by atoms with Crippen LogP contribution in [0, 0.1) is 5.92 Å². The maximum atomic E-state index is 13.9. The minimum absolute atomic E-state index is 0.0578. The largest absolute Gasteiger partial charge is 0.497 e. The van der Waals surface area contributed by atoms with Gasteiger partial charge >= 0.3 is 0 Å². The van der Waals surface area contributed by atoms with Crippen LogP contribution in [-0.4, -0.2) is 55.5 Å². The molecule has 9 heteroatoms. The highest BCUT2D eigenvalue weighted by molar-refractivity contribution is 7.10. The Kier molecular flexibility index (Phi) is 8.67. The number of fused-ring (bicyclic) bond motifs is 1. The Hall–Kier alpha value is -2.74. The highest BCUT2D eigenvalue weighted by atomic mass is 35.5. The normalized spacial score (nSPS) is 14.9. The Balaban J connectivity index is 1.66. The number of thiophene rings is 1. The number of halogens is 2. The van der Waals surface area contributed by atoms with Crippen LogP contribution in [-0.2, 0) is 11.2 Å². The van der Waals surface area contributed by atoms with Crippen LogP contribution >= 0.6 is 34.5 Å². The van der Waals surface area contributed by atoms with Crippen LogP contribution in [0.5, 0.6) is 11.5 Å². The molecule has 2 amide bonds. The molecule has 1 aromatic heterocycles. The van der Waals surface area contributed by atoms with Crippen molar-refractivity contribution in [3.05, 3.63) is 79.5 Å². The van der Waals surface area contributed by atoms with E-state index < -0.39 is 0 Å². The van der Waals surface area contributed by atoms with E-state index in [-0.39, 0.29) is 30.3 Å². The van der Waals surface area contributed by atoms with Gasteiger partial charge in [-0.05, 0) is 59.2 Å². The molecule has 0 bridgehead atoms. The zero-order valence-corrected chi connectivity index (χ0v) is 23.6. The Labute approximate surface area is 231 Å². The fourth-order valence-corrected chi connectivity index (χ4v) is 6.09. The first-order valence-corrected chi connectivity index (χ1v) is 13.7. The summed E-state index contributed by atoms with van der Waals surface area (Å²) in [6, 6.07) is 12.1. The van der Waals surface area contributed by atoms with Crippen LogP contribution in [0.4, 0.5) is 0 Å². The van der Waals surface area contributed by atoms with Crippen molar-refractivity contribution >= 4 is 46.4 Å². The quantitative estimate of drug-likeness (QED) is 0.322. The van der Waals surface area contributed by atoms with Crippen molar-refractivity contribution in [3.8, 4) is 11.5 Å². The van der Waals surface area contributed by atoms with E-state index in [0.29, 0.717) is 40.2 Å². The number of carbonyl (C=O) groups excluding carboxylic acids is 2. The van der Waals surface area contributed by atoms with E-state index in [1.807, 2.05) is 30.2 Å². The predicted octanol–water partition coefficient (Wildman–Crippen LogP) is 6.34. The monoisotopic (exact) mass is 560 g/mol. The van der Waals surface area contributed by atoms with Gasteiger partial charge in [0.25, 0.3) is 5.91 Å². The summed E-state index contributed by atoms with van der Waals surface area (Å²) < 4.78 is 10.7. The van der Waals surface area contributed by atoms with Gasteiger partial charge in [0.05, 0.1) is 20.3 Å². The lowest BCUT2D eigenvalue weighted by molar-refractivity contribution is -0.134. The highest BCUT2D eigenvalue weighted by Crippen LogP contribution is 2.41. The minimum atomic E-state index is -0.347. The van der Waals surface area contributed by atoms with Gasteiger partial charge in [0.2, 0.25) is 5.91 Å². The summed E-state index contributed by atoms with van der Waals surface area (Å²) in [5.41, 5.74) is 2.28. The minimum Gasteiger partial charge on any atom is -0.497 e. The summed E-state index contributed by atoms with van der Waals surface area (Å²) in [7, 11) is 3.07. The van der Waals surface area contributed by atoms with E-state index in [9.17, 15) is 9.59 Å². The lowest BCUT2D eigenvalue weighted by Crippen LogP contribution is -2.47. The third-order valence-corrected chi connectivity index (χ3v) is 7.90. The van der Waals surface area contributed by atoms with Crippen LogP contribution in [0.15, 0.2) is 47.8 Å². The SMILES string of the molecule is COc1cc(OC)cc(C(=O)N(CC(=O)N2CCc3sccc3C2c2ccc(Cl)cc2Cl)CC(C)C)c1. The van der Waals surface area contributed by atoms with Crippen molar-refractivity contribution in [2.75, 3.05) is 33.9 Å². The van der Waals surface area contributed by atoms with E-state index in [1.54, 1.807) is 46.6 Å². The molecule has 1 atom stereocenters. The van der Waals surface area contributed by atoms with E-state index in [0.717, 1.165) is 17.5 Å². The average molecular weight is 562 g/mol. The number of methoxy groups -OCH3 is 2. The van der Waals surface area contributed by atoms with E-state index in [1.165, 1.54) is 19.1 Å². The zero-order chi connectivity index (χ0) is 26.7. The van der Waals surface area contributed by atoms with E-state index in [4.69, 9.17) is 32.7 Å². The van der Waals surface area contributed by atoms with Crippen molar-refractivity contribution in [1.29, 1.82) is 0 Å². The smallest absolute Gasteiger partial charge is 0.254 e. The number of benzene rings is 2.